The lowest BCUT2D eigenvalue weighted by Gasteiger charge is -2.14. The Morgan fingerprint density at radius 1 is 1.59 bits per heavy atom. The monoisotopic (exact) mass is 350 g/mol. The fourth-order valence-electron chi connectivity index (χ4n) is 1.65. The maximum atomic E-state index is 10.8. The van der Waals surface area contributed by atoms with Crippen LogP contribution >= 0.6 is 22.6 Å². The SMILES string of the molecule is COc1c(O)cc(CC(C)C(=O)O)c(I)c1C. The van der Waals surface area contributed by atoms with E-state index in [1.54, 1.807) is 13.0 Å². The van der Waals surface area contributed by atoms with Crippen LogP contribution in [0.15, 0.2) is 6.07 Å². The molecule has 94 valence electrons. The summed E-state index contributed by atoms with van der Waals surface area (Å²) in [5.41, 5.74) is 1.66. The Kier molecular flexibility index (Phi) is 4.62. The molecule has 4 nitrogen and oxygen atoms in total. The summed E-state index contributed by atoms with van der Waals surface area (Å²) in [6.07, 6.45) is 0.395. The highest BCUT2D eigenvalue weighted by atomic mass is 127. The molecule has 0 aliphatic carbocycles. The van der Waals surface area contributed by atoms with Crippen LogP contribution in [0.1, 0.15) is 18.1 Å². The zero-order valence-electron chi connectivity index (χ0n) is 9.95. The van der Waals surface area contributed by atoms with E-state index >= 15 is 0 Å². The van der Waals surface area contributed by atoms with E-state index in [-0.39, 0.29) is 5.75 Å². The average molecular weight is 350 g/mol. The van der Waals surface area contributed by atoms with Crippen LogP contribution in [-0.4, -0.2) is 23.3 Å². The first kappa shape index (κ1) is 14.1. The Bertz CT molecular complexity index is 443. The minimum Gasteiger partial charge on any atom is -0.504 e. The van der Waals surface area contributed by atoms with Gasteiger partial charge in [-0.05, 0) is 47.6 Å². The van der Waals surface area contributed by atoms with Gasteiger partial charge in [0.2, 0.25) is 0 Å². The minimum absolute atomic E-state index is 0.0537. The molecule has 17 heavy (non-hydrogen) atoms. The number of carbonyl (C=O) groups is 1. The van der Waals surface area contributed by atoms with Crippen molar-refractivity contribution >= 4 is 28.6 Å². The number of carboxylic acid groups (broad SMARTS) is 1. The molecule has 0 bridgehead atoms. The van der Waals surface area contributed by atoms with E-state index in [9.17, 15) is 9.90 Å². The minimum atomic E-state index is -0.839. The van der Waals surface area contributed by atoms with Crippen molar-refractivity contribution in [2.75, 3.05) is 7.11 Å². The number of phenolic OH excluding ortho intramolecular Hbond substituents is 1. The second-order valence-electron chi connectivity index (χ2n) is 3.97. The van der Waals surface area contributed by atoms with Crippen LogP contribution in [-0.2, 0) is 11.2 Å². The van der Waals surface area contributed by atoms with Gasteiger partial charge in [0.1, 0.15) is 0 Å². The van der Waals surface area contributed by atoms with Gasteiger partial charge in [0.05, 0.1) is 13.0 Å². The van der Waals surface area contributed by atoms with Crippen LogP contribution < -0.4 is 4.74 Å². The van der Waals surface area contributed by atoms with Crippen molar-refractivity contribution in [3.63, 3.8) is 0 Å². The number of aliphatic carboxylic acids is 1. The fourth-order valence-corrected chi connectivity index (χ4v) is 2.27. The second-order valence-corrected chi connectivity index (χ2v) is 5.05. The van der Waals surface area contributed by atoms with Crippen LogP contribution in [0.4, 0.5) is 0 Å². The van der Waals surface area contributed by atoms with Gasteiger partial charge in [0.15, 0.2) is 11.5 Å². The summed E-state index contributed by atoms with van der Waals surface area (Å²) in [4.78, 5) is 10.8. The molecule has 0 aliphatic rings. The molecule has 0 aliphatic heterocycles. The highest BCUT2D eigenvalue weighted by Gasteiger charge is 2.18. The van der Waals surface area contributed by atoms with Crippen molar-refractivity contribution in [1.29, 1.82) is 0 Å². The number of aromatic hydroxyl groups is 1. The maximum absolute atomic E-state index is 10.8. The van der Waals surface area contributed by atoms with Gasteiger partial charge < -0.3 is 14.9 Å². The number of phenols is 1. The van der Waals surface area contributed by atoms with Crippen molar-refractivity contribution in [1.82, 2.24) is 0 Å². The molecule has 0 saturated carbocycles. The van der Waals surface area contributed by atoms with Crippen LogP contribution in [0, 0.1) is 16.4 Å². The normalized spacial score (nSPS) is 12.2. The van der Waals surface area contributed by atoms with Crippen LogP contribution in [0.3, 0.4) is 0 Å². The standard InChI is InChI=1S/C12H15IO4/c1-6(12(15)16)4-8-5-9(14)11(17-3)7(2)10(8)13/h5-6,14H,4H2,1-3H3,(H,15,16). The molecular formula is C12H15IO4. The van der Waals surface area contributed by atoms with E-state index in [4.69, 9.17) is 9.84 Å². The highest BCUT2D eigenvalue weighted by molar-refractivity contribution is 14.1. The maximum Gasteiger partial charge on any atom is 0.306 e. The summed E-state index contributed by atoms with van der Waals surface area (Å²) in [6.45, 7) is 3.49. The summed E-state index contributed by atoms with van der Waals surface area (Å²) in [7, 11) is 1.50. The Labute approximate surface area is 114 Å². The molecule has 0 aromatic heterocycles. The van der Waals surface area contributed by atoms with Crippen molar-refractivity contribution in [2.24, 2.45) is 5.92 Å². The third-order valence-corrected chi connectivity index (χ3v) is 4.15. The van der Waals surface area contributed by atoms with E-state index in [1.807, 2.05) is 6.92 Å². The lowest BCUT2D eigenvalue weighted by Crippen LogP contribution is -2.13. The van der Waals surface area contributed by atoms with Gasteiger partial charge in [0, 0.05) is 9.13 Å². The number of carboxylic acids is 1. The number of hydrogen-bond acceptors (Lipinski definition) is 3. The van der Waals surface area contributed by atoms with Crippen LogP contribution in [0.2, 0.25) is 0 Å². The molecule has 0 heterocycles. The van der Waals surface area contributed by atoms with Gasteiger partial charge in [-0.25, -0.2) is 0 Å². The van der Waals surface area contributed by atoms with E-state index < -0.39 is 11.9 Å². The zero-order chi connectivity index (χ0) is 13.2. The van der Waals surface area contributed by atoms with Crippen molar-refractivity contribution in [3.8, 4) is 11.5 Å². The smallest absolute Gasteiger partial charge is 0.306 e. The number of benzene rings is 1. The van der Waals surface area contributed by atoms with Gasteiger partial charge in [-0.3, -0.25) is 4.79 Å². The van der Waals surface area contributed by atoms with Crippen molar-refractivity contribution in [3.05, 3.63) is 20.8 Å². The lowest BCUT2D eigenvalue weighted by atomic mass is 9.99. The number of hydrogen-bond donors (Lipinski definition) is 2. The summed E-state index contributed by atoms with van der Waals surface area (Å²) in [5, 5.41) is 18.7. The number of ether oxygens (including phenoxy) is 1. The Balaban J connectivity index is 3.15. The topological polar surface area (TPSA) is 66.8 Å². The molecule has 1 atom stereocenters. The third kappa shape index (κ3) is 3.02. The fraction of sp³-hybridized carbons (Fsp3) is 0.417. The molecule has 1 aromatic rings. The van der Waals surface area contributed by atoms with Gasteiger partial charge in [-0.2, -0.15) is 0 Å². The first-order chi connectivity index (χ1) is 7.88. The summed E-state index contributed by atoms with van der Waals surface area (Å²) in [6, 6.07) is 1.58. The molecule has 2 N–H and O–H groups in total. The number of rotatable bonds is 4. The molecule has 1 rings (SSSR count). The average Bonchev–Trinajstić information content (AvgIpc) is 2.26. The van der Waals surface area contributed by atoms with E-state index in [0.717, 1.165) is 14.7 Å². The molecular weight excluding hydrogens is 335 g/mol. The molecule has 1 unspecified atom stereocenters. The van der Waals surface area contributed by atoms with Gasteiger partial charge in [-0.15, -0.1) is 0 Å². The van der Waals surface area contributed by atoms with E-state index in [0.29, 0.717) is 12.2 Å². The molecule has 0 fully saturated rings. The summed E-state index contributed by atoms with van der Waals surface area (Å²) < 4.78 is 6.03. The third-order valence-electron chi connectivity index (χ3n) is 2.65. The number of halogens is 1. The second kappa shape index (κ2) is 5.57. The molecule has 0 amide bonds. The van der Waals surface area contributed by atoms with Crippen LogP contribution in [0.5, 0.6) is 11.5 Å². The Hall–Kier alpha value is -0.980. The molecule has 0 spiro atoms. The molecule has 1 aromatic carbocycles. The lowest BCUT2D eigenvalue weighted by molar-refractivity contribution is -0.141. The molecule has 5 heteroatoms. The predicted molar refractivity (Wildman–Crippen MR) is 72.6 cm³/mol. The summed E-state index contributed by atoms with van der Waals surface area (Å²) in [5.74, 6) is -0.816. The first-order valence-electron chi connectivity index (χ1n) is 5.16. The van der Waals surface area contributed by atoms with Crippen LogP contribution in [0.25, 0.3) is 0 Å². The van der Waals surface area contributed by atoms with Gasteiger partial charge in [-0.1, -0.05) is 6.92 Å². The first-order valence-corrected chi connectivity index (χ1v) is 6.24. The Morgan fingerprint density at radius 2 is 2.18 bits per heavy atom. The Morgan fingerprint density at radius 3 is 2.65 bits per heavy atom. The number of methoxy groups -OCH3 is 1. The molecule has 0 saturated heterocycles. The van der Waals surface area contributed by atoms with E-state index in [2.05, 4.69) is 22.6 Å². The predicted octanol–water partition coefficient (Wildman–Crippen LogP) is 2.58. The van der Waals surface area contributed by atoms with Crippen molar-refractivity contribution < 1.29 is 19.7 Å². The zero-order valence-corrected chi connectivity index (χ0v) is 12.1. The highest BCUT2D eigenvalue weighted by Crippen LogP contribution is 2.36. The molecule has 0 radical (unpaired) electrons. The quantitative estimate of drug-likeness (QED) is 0.820. The van der Waals surface area contributed by atoms with Crippen molar-refractivity contribution in [2.45, 2.75) is 20.3 Å². The van der Waals surface area contributed by atoms with Gasteiger partial charge >= 0.3 is 5.97 Å². The summed E-state index contributed by atoms with van der Waals surface area (Å²) >= 11 is 2.14. The van der Waals surface area contributed by atoms with E-state index in [1.165, 1.54) is 7.11 Å². The largest absolute Gasteiger partial charge is 0.504 e. The van der Waals surface area contributed by atoms with Gasteiger partial charge in [0.25, 0.3) is 0 Å².